The molecule has 0 aromatic heterocycles. The molecule has 0 saturated carbocycles. The van der Waals surface area contributed by atoms with Crippen LogP contribution in [0.5, 0.6) is 0 Å². The quantitative estimate of drug-likeness (QED) is 0.791. The lowest BCUT2D eigenvalue weighted by molar-refractivity contribution is -0.133. The van der Waals surface area contributed by atoms with Gasteiger partial charge < -0.3 is 15.5 Å². The highest BCUT2D eigenvalue weighted by Gasteiger charge is 2.38. The summed E-state index contributed by atoms with van der Waals surface area (Å²) >= 11 is 0. The van der Waals surface area contributed by atoms with Gasteiger partial charge in [0.15, 0.2) is 0 Å². The van der Waals surface area contributed by atoms with Crippen LogP contribution in [0.2, 0.25) is 0 Å². The summed E-state index contributed by atoms with van der Waals surface area (Å²) in [6.07, 6.45) is 5.69. The molecule has 0 aliphatic carbocycles. The Balaban J connectivity index is 1.83. The maximum atomic E-state index is 12.6. The van der Waals surface area contributed by atoms with Crippen LogP contribution in [0.3, 0.4) is 0 Å². The molecule has 2 heterocycles. The van der Waals surface area contributed by atoms with E-state index in [0.717, 1.165) is 38.9 Å². The minimum atomic E-state index is -0.169. The first-order chi connectivity index (χ1) is 9.16. The third-order valence-electron chi connectivity index (χ3n) is 4.74. The molecule has 2 aliphatic rings. The maximum Gasteiger partial charge on any atom is 0.227 e. The molecule has 4 heteroatoms. The van der Waals surface area contributed by atoms with Gasteiger partial charge in [-0.3, -0.25) is 4.79 Å². The van der Waals surface area contributed by atoms with Crippen molar-refractivity contribution in [1.29, 1.82) is 0 Å². The molecule has 4 nitrogen and oxygen atoms in total. The molecule has 19 heavy (non-hydrogen) atoms. The van der Waals surface area contributed by atoms with Crippen LogP contribution in [0, 0.1) is 5.41 Å². The Hall–Kier alpha value is -0.610. The minimum absolute atomic E-state index is 0.169. The summed E-state index contributed by atoms with van der Waals surface area (Å²) in [5.74, 6) is 0.258. The van der Waals surface area contributed by atoms with Crippen molar-refractivity contribution in [3.8, 4) is 0 Å². The standard InChI is InChI=1S/C15H29N3O/c1-3-15(7-6-8-16-12-15)14(19)17-13(2)11-18-9-4-5-10-18/h13,16H,3-12H2,1-2H3,(H,17,19). The molecular formula is C15H29N3O. The van der Waals surface area contributed by atoms with Crippen molar-refractivity contribution in [2.75, 3.05) is 32.7 Å². The molecule has 1 amide bonds. The van der Waals surface area contributed by atoms with Gasteiger partial charge in [-0.05, 0) is 58.7 Å². The van der Waals surface area contributed by atoms with Gasteiger partial charge in [0, 0.05) is 19.1 Å². The molecule has 2 fully saturated rings. The number of amides is 1. The van der Waals surface area contributed by atoms with Crippen molar-refractivity contribution in [3.05, 3.63) is 0 Å². The fraction of sp³-hybridized carbons (Fsp3) is 0.933. The second-order valence-electron chi connectivity index (χ2n) is 6.30. The summed E-state index contributed by atoms with van der Waals surface area (Å²) in [5, 5.41) is 6.63. The van der Waals surface area contributed by atoms with Crippen molar-refractivity contribution < 1.29 is 4.79 Å². The molecule has 2 unspecified atom stereocenters. The third kappa shape index (κ3) is 3.69. The predicted octanol–water partition coefficient (Wildman–Crippen LogP) is 1.37. The Morgan fingerprint density at radius 3 is 2.68 bits per heavy atom. The average molecular weight is 267 g/mol. The van der Waals surface area contributed by atoms with E-state index in [1.165, 1.54) is 25.9 Å². The van der Waals surface area contributed by atoms with Gasteiger partial charge in [0.1, 0.15) is 0 Å². The number of hydrogen-bond donors (Lipinski definition) is 2. The van der Waals surface area contributed by atoms with Crippen LogP contribution in [-0.2, 0) is 4.79 Å². The van der Waals surface area contributed by atoms with Gasteiger partial charge in [-0.1, -0.05) is 6.92 Å². The van der Waals surface area contributed by atoms with Crippen LogP contribution in [0.15, 0.2) is 0 Å². The van der Waals surface area contributed by atoms with Crippen molar-refractivity contribution in [2.24, 2.45) is 5.41 Å². The number of nitrogens with one attached hydrogen (secondary N) is 2. The predicted molar refractivity (Wildman–Crippen MR) is 78.1 cm³/mol. The molecule has 0 radical (unpaired) electrons. The van der Waals surface area contributed by atoms with E-state index >= 15 is 0 Å². The molecule has 2 N–H and O–H groups in total. The zero-order chi connectivity index (χ0) is 13.7. The molecule has 0 aromatic carbocycles. The highest BCUT2D eigenvalue weighted by molar-refractivity contribution is 5.83. The molecule has 110 valence electrons. The van der Waals surface area contributed by atoms with Crippen molar-refractivity contribution in [2.45, 2.75) is 52.0 Å². The van der Waals surface area contributed by atoms with Crippen LogP contribution in [0.1, 0.15) is 46.0 Å². The van der Waals surface area contributed by atoms with Crippen molar-refractivity contribution in [3.63, 3.8) is 0 Å². The van der Waals surface area contributed by atoms with E-state index in [0.29, 0.717) is 0 Å². The molecule has 2 aliphatic heterocycles. The lowest BCUT2D eigenvalue weighted by Gasteiger charge is -2.36. The molecule has 0 spiro atoms. The van der Waals surface area contributed by atoms with E-state index in [-0.39, 0.29) is 17.4 Å². The maximum absolute atomic E-state index is 12.6. The monoisotopic (exact) mass is 267 g/mol. The average Bonchev–Trinajstić information content (AvgIpc) is 2.92. The normalized spacial score (nSPS) is 30.2. The lowest BCUT2D eigenvalue weighted by Crippen LogP contribution is -2.53. The van der Waals surface area contributed by atoms with Gasteiger partial charge in [0.05, 0.1) is 5.41 Å². The minimum Gasteiger partial charge on any atom is -0.352 e. The summed E-state index contributed by atoms with van der Waals surface area (Å²) < 4.78 is 0. The molecule has 0 aromatic rings. The number of hydrogen-bond acceptors (Lipinski definition) is 3. The van der Waals surface area contributed by atoms with Gasteiger partial charge in [-0.25, -0.2) is 0 Å². The van der Waals surface area contributed by atoms with E-state index in [9.17, 15) is 4.79 Å². The number of nitrogens with zero attached hydrogens (tertiary/aromatic N) is 1. The fourth-order valence-electron chi connectivity index (χ4n) is 3.40. The first-order valence-electron chi connectivity index (χ1n) is 7.90. The van der Waals surface area contributed by atoms with Crippen molar-refractivity contribution in [1.82, 2.24) is 15.5 Å². The second-order valence-corrected chi connectivity index (χ2v) is 6.30. The summed E-state index contributed by atoms with van der Waals surface area (Å²) in [6.45, 7) is 9.55. The lowest BCUT2D eigenvalue weighted by atomic mass is 9.77. The van der Waals surface area contributed by atoms with E-state index in [2.05, 4.69) is 29.4 Å². The van der Waals surface area contributed by atoms with Crippen molar-refractivity contribution >= 4 is 5.91 Å². The number of carbonyl (C=O) groups is 1. The van der Waals surface area contributed by atoms with Crippen LogP contribution in [0.4, 0.5) is 0 Å². The Morgan fingerprint density at radius 1 is 1.37 bits per heavy atom. The van der Waals surface area contributed by atoms with E-state index < -0.39 is 0 Å². The Morgan fingerprint density at radius 2 is 2.11 bits per heavy atom. The highest BCUT2D eigenvalue weighted by atomic mass is 16.2. The highest BCUT2D eigenvalue weighted by Crippen LogP contribution is 2.30. The van der Waals surface area contributed by atoms with Gasteiger partial charge in [-0.2, -0.15) is 0 Å². The summed E-state index contributed by atoms with van der Waals surface area (Å²) in [6, 6.07) is 0.260. The first kappa shape index (κ1) is 14.8. The third-order valence-corrected chi connectivity index (χ3v) is 4.74. The summed E-state index contributed by atoms with van der Waals surface area (Å²) in [5.41, 5.74) is -0.169. The topological polar surface area (TPSA) is 44.4 Å². The number of piperidine rings is 1. The Kier molecular flexibility index (Phi) is 5.22. The number of rotatable bonds is 5. The molecule has 2 rings (SSSR count). The second kappa shape index (κ2) is 6.71. The smallest absolute Gasteiger partial charge is 0.227 e. The largest absolute Gasteiger partial charge is 0.352 e. The fourth-order valence-corrected chi connectivity index (χ4v) is 3.40. The summed E-state index contributed by atoms with van der Waals surface area (Å²) in [4.78, 5) is 15.0. The van der Waals surface area contributed by atoms with Crippen LogP contribution in [-0.4, -0.2) is 49.6 Å². The Labute approximate surface area is 117 Å². The number of carbonyl (C=O) groups excluding carboxylic acids is 1. The van der Waals surface area contributed by atoms with Gasteiger partial charge in [0.25, 0.3) is 0 Å². The zero-order valence-electron chi connectivity index (χ0n) is 12.5. The SMILES string of the molecule is CCC1(C(=O)NC(C)CN2CCCC2)CCCNC1. The Bertz CT molecular complexity index is 294. The van der Waals surface area contributed by atoms with Gasteiger partial charge >= 0.3 is 0 Å². The number of likely N-dealkylation sites (tertiary alicyclic amines) is 1. The molecular weight excluding hydrogens is 238 g/mol. The van der Waals surface area contributed by atoms with Crippen LogP contribution >= 0.6 is 0 Å². The van der Waals surface area contributed by atoms with E-state index in [1.54, 1.807) is 0 Å². The van der Waals surface area contributed by atoms with Gasteiger partial charge in [-0.15, -0.1) is 0 Å². The van der Waals surface area contributed by atoms with Crippen LogP contribution < -0.4 is 10.6 Å². The van der Waals surface area contributed by atoms with Crippen LogP contribution in [0.25, 0.3) is 0 Å². The zero-order valence-corrected chi connectivity index (χ0v) is 12.5. The molecule has 0 bridgehead atoms. The van der Waals surface area contributed by atoms with Gasteiger partial charge in [0.2, 0.25) is 5.91 Å². The van der Waals surface area contributed by atoms with E-state index in [4.69, 9.17) is 0 Å². The first-order valence-corrected chi connectivity index (χ1v) is 7.90. The summed E-state index contributed by atoms with van der Waals surface area (Å²) in [7, 11) is 0. The molecule has 2 saturated heterocycles. The van der Waals surface area contributed by atoms with E-state index in [1.807, 2.05) is 0 Å². The molecule has 2 atom stereocenters.